The second kappa shape index (κ2) is 11.0. The summed E-state index contributed by atoms with van der Waals surface area (Å²) in [5.41, 5.74) is 2.38. The Labute approximate surface area is 252 Å². The quantitative estimate of drug-likeness (QED) is 0.249. The van der Waals surface area contributed by atoms with Gasteiger partial charge < -0.3 is 33.8 Å². The van der Waals surface area contributed by atoms with E-state index in [2.05, 4.69) is 47.4 Å². The van der Waals surface area contributed by atoms with Crippen molar-refractivity contribution < 1.29 is 30.9 Å². The van der Waals surface area contributed by atoms with Crippen molar-refractivity contribution in [2.24, 2.45) is 0 Å². The Balaban J connectivity index is 0.00000353. The number of rotatable bonds is 6. The zero-order valence-corrected chi connectivity index (χ0v) is 24.5. The summed E-state index contributed by atoms with van der Waals surface area (Å²) in [5.74, 6) is 1.44. The van der Waals surface area contributed by atoms with E-state index in [4.69, 9.17) is 21.3 Å². The Morgan fingerprint density at radius 1 is 0.952 bits per heavy atom. The van der Waals surface area contributed by atoms with Crippen molar-refractivity contribution in [2.45, 2.75) is 25.9 Å². The molecule has 42 heavy (non-hydrogen) atoms. The molecule has 0 spiro atoms. The summed E-state index contributed by atoms with van der Waals surface area (Å²) in [7, 11) is 1.55. The molecule has 14 nitrogen and oxygen atoms in total. The number of fused-ring (bicyclic) bond motifs is 2. The number of aliphatic hydroxyl groups excluding tert-OH is 1. The fourth-order valence-corrected chi connectivity index (χ4v) is 4.31. The zero-order valence-electron chi connectivity index (χ0n) is 22.2. The SMILES string of the molecule is [C-]#[N+]c1ncnc2c1n[c-]n2-c1cc(OC)cc(C(C)(C)c2cc(CO)cc(-n3[c-]nc4c(C#N)ncnc43)n2)n1.[Pt+2]. The van der Waals surface area contributed by atoms with E-state index in [0.29, 0.717) is 56.7 Å². The number of ether oxygens (including phenoxy) is 1. The van der Waals surface area contributed by atoms with Crippen LogP contribution in [0.2, 0.25) is 0 Å². The smallest absolute Gasteiger partial charge is 0.497 e. The normalized spacial score (nSPS) is 11.2. The number of pyridine rings is 2. The Morgan fingerprint density at radius 2 is 1.57 bits per heavy atom. The predicted molar refractivity (Wildman–Crippen MR) is 142 cm³/mol. The van der Waals surface area contributed by atoms with Crippen molar-refractivity contribution in [1.82, 2.24) is 49.0 Å². The molecule has 0 aliphatic heterocycles. The van der Waals surface area contributed by atoms with Gasteiger partial charge >= 0.3 is 21.1 Å². The molecule has 1 N–H and O–H groups in total. The molecule has 0 amide bonds. The van der Waals surface area contributed by atoms with Gasteiger partial charge in [-0.05, 0) is 31.5 Å². The third-order valence-corrected chi connectivity index (χ3v) is 6.56. The maximum Gasteiger partial charge on any atom is 2.00 e. The molecule has 6 aromatic heterocycles. The van der Waals surface area contributed by atoms with E-state index in [1.165, 1.54) is 21.8 Å². The second-order valence-electron chi connectivity index (χ2n) is 9.33. The molecule has 6 aromatic rings. The minimum Gasteiger partial charge on any atom is -0.497 e. The van der Waals surface area contributed by atoms with Crippen LogP contribution in [0, 0.1) is 30.6 Å². The fourth-order valence-electron chi connectivity index (χ4n) is 4.31. The topological polar surface area (TPSA) is 171 Å². The molecule has 208 valence electrons. The molecule has 0 radical (unpaired) electrons. The monoisotopic (exact) mass is 737 g/mol. The van der Waals surface area contributed by atoms with Gasteiger partial charge in [0, 0.05) is 57.9 Å². The van der Waals surface area contributed by atoms with Crippen molar-refractivity contribution >= 4 is 28.1 Å². The van der Waals surface area contributed by atoms with E-state index in [0.717, 1.165) is 0 Å². The molecule has 0 atom stereocenters. The Bertz CT molecular complexity index is 1910. The Hall–Kier alpha value is -5.17. The van der Waals surface area contributed by atoms with Crippen molar-refractivity contribution in [1.29, 1.82) is 5.26 Å². The van der Waals surface area contributed by atoms with Gasteiger partial charge in [0.2, 0.25) is 5.82 Å². The molecule has 0 saturated carbocycles. The van der Waals surface area contributed by atoms with Gasteiger partial charge in [0.05, 0.1) is 25.4 Å². The summed E-state index contributed by atoms with van der Waals surface area (Å²) < 4.78 is 8.65. The Morgan fingerprint density at radius 3 is 2.21 bits per heavy atom. The minimum atomic E-state index is -0.820. The number of hydrogen-bond acceptors (Lipinski definition) is 11. The molecule has 0 bridgehead atoms. The van der Waals surface area contributed by atoms with E-state index in [1.807, 2.05) is 19.9 Å². The third kappa shape index (κ3) is 4.63. The van der Waals surface area contributed by atoms with Gasteiger partial charge in [0.25, 0.3) is 0 Å². The van der Waals surface area contributed by atoms with Crippen molar-refractivity contribution in [3.05, 3.63) is 83.6 Å². The standard InChI is InChI=1S/C27H18N12O2.Pt/c1-27(2,18-5-15(10-40)6-20(36-18)38-13-34-22-17(9-28)30-11-32-25(22)38)19-7-16(41-4)8-21(37-19)39-14-35-23-24(29-3)31-12-33-26(23)39;/h5-8,11-12,40H,10H2,1-2,4H3;/q-2;+2. The van der Waals surface area contributed by atoms with Crippen LogP contribution in [-0.2, 0) is 33.1 Å². The molecular weight excluding hydrogens is 719 g/mol. The van der Waals surface area contributed by atoms with Crippen molar-refractivity contribution in [2.75, 3.05) is 7.11 Å². The van der Waals surface area contributed by atoms with Crippen LogP contribution in [0.1, 0.15) is 36.5 Å². The molecular formula is C27H18N12O2Pt. The summed E-state index contributed by atoms with van der Waals surface area (Å²) in [6.45, 7) is 11.0. The first-order chi connectivity index (χ1) is 19.9. The Kier molecular flexibility index (Phi) is 7.43. The summed E-state index contributed by atoms with van der Waals surface area (Å²) >= 11 is 0. The summed E-state index contributed by atoms with van der Waals surface area (Å²) in [5, 5.41) is 19.5. The van der Waals surface area contributed by atoms with Crippen LogP contribution in [0.15, 0.2) is 36.9 Å². The summed E-state index contributed by atoms with van der Waals surface area (Å²) in [4.78, 5) is 38.0. The number of aliphatic hydroxyl groups is 1. The van der Waals surface area contributed by atoms with Gasteiger partial charge in [-0.1, -0.05) is 12.6 Å². The largest absolute Gasteiger partial charge is 2.00 e. The summed E-state index contributed by atoms with van der Waals surface area (Å²) in [6, 6.07) is 8.98. The van der Waals surface area contributed by atoms with Crippen LogP contribution in [0.4, 0.5) is 5.82 Å². The van der Waals surface area contributed by atoms with E-state index >= 15 is 0 Å². The minimum absolute atomic E-state index is 0. The average molecular weight is 738 g/mol. The van der Waals surface area contributed by atoms with E-state index in [1.54, 1.807) is 31.4 Å². The number of imidazole rings is 2. The average Bonchev–Trinajstić information content (AvgIpc) is 3.65. The zero-order chi connectivity index (χ0) is 28.7. The van der Waals surface area contributed by atoms with Gasteiger partial charge in [0.1, 0.15) is 23.8 Å². The number of nitriles is 1. The van der Waals surface area contributed by atoms with Crippen molar-refractivity contribution in [3.63, 3.8) is 0 Å². The maximum atomic E-state index is 10.1. The first kappa shape index (κ1) is 28.4. The van der Waals surface area contributed by atoms with Crippen LogP contribution in [0.25, 0.3) is 38.8 Å². The van der Waals surface area contributed by atoms with Gasteiger partial charge in [0.15, 0.2) is 6.33 Å². The van der Waals surface area contributed by atoms with Crippen LogP contribution < -0.4 is 4.74 Å². The number of hydrogen-bond donors (Lipinski definition) is 1. The second-order valence-corrected chi connectivity index (χ2v) is 9.33. The molecule has 6 heterocycles. The molecule has 0 aliphatic rings. The van der Waals surface area contributed by atoms with Gasteiger partial charge in [-0.25, -0.2) is 4.98 Å². The first-order valence-electron chi connectivity index (χ1n) is 12.1. The third-order valence-electron chi connectivity index (χ3n) is 6.56. The number of aromatic nitrogens is 10. The fraction of sp³-hybridized carbons (Fsp3) is 0.185. The van der Waals surface area contributed by atoms with E-state index in [9.17, 15) is 10.4 Å². The molecule has 0 saturated heterocycles. The van der Waals surface area contributed by atoms with Gasteiger partial charge in [-0.15, -0.1) is 4.98 Å². The summed E-state index contributed by atoms with van der Waals surface area (Å²) in [6.07, 6.45) is 8.25. The van der Waals surface area contributed by atoms with Crippen LogP contribution in [-0.4, -0.2) is 61.2 Å². The molecule has 0 fully saturated rings. The van der Waals surface area contributed by atoms with Crippen LogP contribution in [0.5, 0.6) is 5.75 Å². The van der Waals surface area contributed by atoms with Gasteiger partial charge in [-0.2, -0.15) is 5.26 Å². The van der Waals surface area contributed by atoms with Crippen LogP contribution in [0.3, 0.4) is 0 Å². The molecule has 6 rings (SSSR count). The van der Waals surface area contributed by atoms with E-state index < -0.39 is 5.41 Å². The number of methoxy groups -OCH3 is 1. The molecule has 0 unspecified atom stereocenters. The first-order valence-corrected chi connectivity index (χ1v) is 12.1. The molecule has 0 aromatic carbocycles. The number of nitrogens with zero attached hydrogens (tertiary/aromatic N) is 12. The maximum absolute atomic E-state index is 10.1. The van der Waals surface area contributed by atoms with E-state index in [-0.39, 0.29) is 39.2 Å². The van der Waals surface area contributed by atoms with Crippen molar-refractivity contribution in [3.8, 4) is 23.5 Å². The molecule has 15 heteroatoms. The predicted octanol–water partition coefficient (Wildman–Crippen LogP) is 2.58. The molecule has 0 aliphatic carbocycles. The van der Waals surface area contributed by atoms with Crippen LogP contribution >= 0.6 is 0 Å². The van der Waals surface area contributed by atoms with Gasteiger partial charge in [-0.3, -0.25) is 19.9 Å².